The second-order valence-electron chi connectivity index (χ2n) is 3.59. The maximum atomic E-state index is 5.67. The van der Waals surface area contributed by atoms with Crippen LogP contribution in [-0.2, 0) is 18.0 Å². The molecule has 0 rings (SSSR count). The number of ether oxygens (including phenoxy) is 1. The van der Waals surface area contributed by atoms with E-state index in [4.69, 9.17) is 18.0 Å². The van der Waals surface area contributed by atoms with Gasteiger partial charge in [-0.25, -0.2) is 0 Å². The first-order chi connectivity index (χ1) is 9.16. The van der Waals surface area contributed by atoms with Crippen molar-refractivity contribution in [2.24, 2.45) is 0 Å². The Hall–Kier alpha value is 0.407. The molecule has 0 bridgehead atoms. The van der Waals surface area contributed by atoms with E-state index in [1.165, 1.54) is 0 Å². The van der Waals surface area contributed by atoms with Gasteiger partial charge in [0.2, 0.25) is 0 Å². The van der Waals surface area contributed by atoms with Gasteiger partial charge >= 0.3 is 8.80 Å². The van der Waals surface area contributed by atoms with Gasteiger partial charge in [-0.3, -0.25) is 0 Å². The average molecular weight is 313 g/mol. The van der Waals surface area contributed by atoms with Crippen LogP contribution in [-0.4, -0.2) is 47.6 Å². The molecule has 0 N–H and O–H groups in total. The molecule has 6 heteroatoms. The normalized spacial score (nSPS) is 11.1. The van der Waals surface area contributed by atoms with Crippen LogP contribution in [0.4, 0.5) is 0 Å². The van der Waals surface area contributed by atoms with Crippen LogP contribution >= 0.6 is 12.6 Å². The lowest BCUT2D eigenvalue weighted by Gasteiger charge is -2.28. The van der Waals surface area contributed by atoms with Crippen molar-refractivity contribution >= 4 is 21.4 Å². The second-order valence-corrected chi connectivity index (χ2v) is 6.77. The van der Waals surface area contributed by atoms with Gasteiger partial charge in [0.05, 0.1) is 0 Å². The molecule has 0 aliphatic carbocycles. The Morgan fingerprint density at radius 1 is 0.737 bits per heavy atom. The first-order valence-corrected chi connectivity index (χ1v) is 9.83. The molecule has 19 heavy (non-hydrogen) atoms. The van der Waals surface area contributed by atoms with E-state index in [0.29, 0.717) is 19.8 Å². The van der Waals surface area contributed by atoms with Crippen LogP contribution in [0, 0.1) is 0 Å². The van der Waals surface area contributed by atoms with E-state index in [-0.39, 0.29) is 0 Å². The minimum atomic E-state index is -2.37. The molecule has 0 aromatic carbocycles. The van der Waals surface area contributed by atoms with Gasteiger partial charge in [-0.2, -0.15) is 12.6 Å². The highest BCUT2D eigenvalue weighted by atomic mass is 32.1. The van der Waals surface area contributed by atoms with Crippen molar-refractivity contribution in [1.82, 2.24) is 0 Å². The Kier molecular flexibility index (Phi) is 18.8. The molecule has 0 aromatic heterocycles. The van der Waals surface area contributed by atoms with Crippen LogP contribution in [0.25, 0.3) is 0 Å². The molecule has 0 aliphatic heterocycles. The quantitative estimate of drug-likeness (QED) is 0.469. The summed E-state index contributed by atoms with van der Waals surface area (Å²) in [5.74, 6) is 0.849. The predicted octanol–water partition coefficient (Wildman–Crippen LogP) is 3.40. The molecule has 0 saturated heterocycles. The first kappa shape index (κ1) is 21.7. The largest absolute Gasteiger partial charge is 0.500 e. The molecule has 0 amide bonds. The monoisotopic (exact) mass is 312 g/mol. The molecule has 0 aromatic rings. The minimum absolute atomic E-state index is 0.652. The van der Waals surface area contributed by atoms with E-state index in [0.717, 1.165) is 31.4 Å². The summed E-state index contributed by atoms with van der Waals surface area (Å²) in [5.41, 5.74) is 0. The van der Waals surface area contributed by atoms with Gasteiger partial charge in [-0.15, -0.1) is 0 Å². The van der Waals surface area contributed by atoms with Crippen LogP contribution in [0.5, 0.6) is 0 Å². The topological polar surface area (TPSA) is 36.9 Å². The zero-order valence-corrected chi connectivity index (χ0v) is 15.1. The number of hydrogen-bond donors (Lipinski definition) is 1. The van der Waals surface area contributed by atoms with Crippen molar-refractivity contribution in [2.75, 3.05) is 38.8 Å². The van der Waals surface area contributed by atoms with Crippen molar-refractivity contribution in [3.8, 4) is 0 Å². The molecule has 0 atom stereocenters. The molecule has 0 unspecified atom stereocenters. The molecule has 0 heterocycles. The lowest BCUT2D eigenvalue weighted by atomic mass is 10.6. The third-order valence-corrected chi connectivity index (χ3v) is 5.61. The zero-order chi connectivity index (χ0) is 15.0. The first-order valence-electron chi connectivity index (χ1n) is 7.26. The fourth-order valence-corrected chi connectivity index (χ4v) is 4.57. The van der Waals surface area contributed by atoms with Crippen LogP contribution in [0.15, 0.2) is 0 Å². The Labute approximate surface area is 125 Å². The van der Waals surface area contributed by atoms with E-state index in [1.54, 1.807) is 0 Å². The summed E-state index contributed by atoms with van der Waals surface area (Å²) < 4.78 is 21.9. The lowest BCUT2D eigenvalue weighted by Crippen LogP contribution is -2.46. The van der Waals surface area contributed by atoms with Crippen LogP contribution in [0.1, 0.15) is 41.0 Å². The summed E-state index contributed by atoms with van der Waals surface area (Å²) >= 11 is 4.19. The standard InChI is InChI=1S/C9H22O3SSi.C4H10O/c1-4-10-14(11-5-2,12-6-3)9-7-8-13;1-3-5-4-2/h13H,4-9H2,1-3H3;3-4H2,1-2H3. The van der Waals surface area contributed by atoms with E-state index < -0.39 is 8.80 Å². The molecule has 118 valence electrons. The third-order valence-electron chi connectivity index (χ3n) is 2.14. The van der Waals surface area contributed by atoms with Gasteiger partial charge in [0.25, 0.3) is 0 Å². The Morgan fingerprint density at radius 2 is 1.16 bits per heavy atom. The molecule has 0 saturated carbocycles. The Balaban J connectivity index is 0. The van der Waals surface area contributed by atoms with Gasteiger partial charge in [-0.1, -0.05) is 0 Å². The van der Waals surface area contributed by atoms with Crippen molar-refractivity contribution in [2.45, 2.75) is 47.1 Å². The average Bonchev–Trinajstić information content (AvgIpc) is 2.39. The molecular formula is C13H32O4SSi. The fraction of sp³-hybridized carbons (Fsp3) is 1.00. The van der Waals surface area contributed by atoms with E-state index in [1.807, 2.05) is 34.6 Å². The van der Waals surface area contributed by atoms with Crippen LogP contribution in [0.3, 0.4) is 0 Å². The molecule has 0 spiro atoms. The van der Waals surface area contributed by atoms with Gasteiger partial charge in [0.15, 0.2) is 0 Å². The summed E-state index contributed by atoms with van der Waals surface area (Å²) in [6.07, 6.45) is 0.981. The summed E-state index contributed by atoms with van der Waals surface area (Å²) in [6, 6.07) is 0.867. The summed E-state index contributed by atoms with van der Waals surface area (Å²) in [7, 11) is -2.37. The van der Waals surface area contributed by atoms with E-state index >= 15 is 0 Å². The van der Waals surface area contributed by atoms with Gasteiger partial charge in [0, 0.05) is 39.1 Å². The SMILES string of the molecule is CCOCC.CCO[Si](CCCS)(OCC)OCC. The van der Waals surface area contributed by atoms with Gasteiger partial charge in [-0.05, 0) is 46.8 Å². The van der Waals surface area contributed by atoms with Crippen molar-refractivity contribution in [1.29, 1.82) is 0 Å². The smallest absolute Gasteiger partial charge is 0.382 e. The second kappa shape index (κ2) is 16.5. The van der Waals surface area contributed by atoms with E-state index in [9.17, 15) is 0 Å². The minimum Gasteiger partial charge on any atom is -0.382 e. The summed E-state index contributed by atoms with van der Waals surface area (Å²) in [6.45, 7) is 13.5. The van der Waals surface area contributed by atoms with Crippen molar-refractivity contribution < 1.29 is 18.0 Å². The van der Waals surface area contributed by atoms with E-state index in [2.05, 4.69) is 12.6 Å². The van der Waals surface area contributed by atoms with Gasteiger partial charge in [0.1, 0.15) is 0 Å². The summed E-state index contributed by atoms with van der Waals surface area (Å²) in [5, 5.41) is 0. The number of thiol groups is 1. The molecule has 0 radical (unpaired) electrons. The third kappa shape index (κ3) is 13.2. The highest BCUT2D eigenvalue weighted by molar-refractivity contribution is 7.80. The maximum Gasteiger partial charge on any atom is 0.500 e. The van der Waals surface area contributed by atoms with Crippen LogP contribution < -0.4 is 0 Å². The lowest BCUT2D eigenvalue weighted by molar-refractivity contribution is 0.0712. The molecular weight excluding hydrogens is 280 g/mol. The molecule has 0 fully saturated rings. The molecule has 0 aliphatic rings. The zero-order valence-electron chi connectivity index (χ0n) is 13.2. The fourth-order valence-electron chi connectivity index (χ4n) is 1.50. The summed E-state index contributed by atoms with van der Waals surface area (Å²) in [4.78, 5) is 0. The Morgan fingerprint density at radius 3 is 1.37 bits per heavy atom. The predicted molar refractivity (Wildman–Crippen MR) is 86.1 cm³/mol. The van der Waals surface area contributed by atoms with Gasteiger partial charge < -0.3 is 18.0 Å². The molecule has 4 nitrogen and oxygen atoms in total. The highest BCUT2D eigenvalue weighted by Crippen LogP contribution is 2.18. The number of hydrogen-bond acceptors (Lipinski definition) is 5. The number of rotatable bonds is 11. The van der Waals surface area contributed by atoms with Crippen molar-refractivity contribution in [3.05, 3.63) is 0 Å². The Bertz CT molecular complexity index is 154. The van der Waals surface area contributed by atoms with Crippen LogP contribution in [0.2, 0.25) is 6.04 Å². The maximum absolute atomic E-state index is 5.67. The van der Waals surface area contributed by atoms with Crippen molar-refractivity contribution in [3.63, 3.8) is 0 Å². The highest BCUT2D eigenvalue weighted by Gasteiger charge is 2.39.